The number of hydrogen-bond donors (Lipinski definition) is 3. The molecule has 2 aliphatic heterocycles. The first-order valence-corrected chi connectivity index (χ1v) is 15.9. The van der Waals surface area contributed by atoms with Gasteiger partial charge in [-0.15, -0.1) is 11.3 Å². The fraction of sp³-hybridized carbons (Fsp3) is 0.345. The van der Waals surface area contributed by atoms with Gasteiger partial charge in [-0.05, 0) is 73.7 Å². The normalized spacial score (nSPS) is 15.0. The van der Waals surface area contributed by atoms with Gasteiger partial charge in [0.2, 0.25) is 0 Å². The summed E-state index contributed by atoms with van der Waals surface area (Å²) >= 11 is 1.33. The second-order valence-corrected chi connectivity index (χ2v) is 13.0. The van der Waals surface area contributed by atoms with Crippen LogP contribution in [0.1, 0.15) is 56.5 Å². The van der Waals surface area contributed by atoms with Crippen LogP contribution in [0.4, 0.5) is 15.5 Å². The predicted octanol–water partition coefficient (Wildman–Crippen LogP) is 3.98. The van der Waals surface area contributed by atoms with Gasteiger partial charge >= 0.3 is 6.03 Å². The summed E-state index contributed by atoms with van der Waals surface area (Å²) < 4.78 is 28.4. The Bertz CT molecular complexity index is 1580. The molecule has 0 aliphatic carbocycles. The van der Waals surface area contributed by atoms with Crippen LogP contribution in [0.25, 0.3) is 0 Å². The lowest BCUT2D eigenvalue weighted by molar-refractivity contribution is 0.0964. The van der Waals surface area contributed by atoms with Gasteiger partial charge in [-0.1, -0.05) is 25.1 Å². The number of anilines is 2. The standard InChI is InChI=1S/C29H33N5O5S2/c1-3-15-33-17-14-22-24(18-33)40-28(25(22)27(36)32-29(37)30-2)31-26(35)20-10-12-21(13-11-20)41(38,39)34-16-6-8-19-7-4-5-9-23(19)34/h4-5,7,9-13H,3,6,8,14-18H2,1-2H3,(H,31,35)(H2,30,32,36,37). The molecule has 0 spiro atoms. The molecule has 41 heavy (non-hydrogen) atoms. The number of nitrogens with one attached hydrogen (secondary N) is 3. The van der Waals surface area contributed by atoms with E-state index in [-0.39, 0.29) is 10.5 Å². The van der Waals surface area contributed by atoms with Crippen molar-refractivity contribution in [2.45, 2.75) is 44.0 Å². The molecule has 5 rings (SSSR count). The predicted molar refractivity (Wildman–Crippen MR) is 159 cm³/mol. The Morgan fingerprint density at radius 3 is 2.46 bits per heavy atom. The Morgan fingerprint density at radius 2 is 1.73 bits per heavy atom. The number of sulfonamides is 1. The van der Waals surface area contributed by atoms with Gasteiger partial charge in [0, 0.05) is 37.1 Å². The summed E-state index contributed by atoms with van der Waals surface area (Å²) in [5, 5.41) is 7.90. The maximum absolute atomic E-state index is 13.5. The molecular weight excluding hydrogens is 562 g/mol. The van der Waals surface area contributed by atoms with E-state index in [1.54, 1.807) is 0 Å². The molecule has 0 saturated carbocycles. The number of hydrogen-bond acceptors (Lipinski definition) is 7. The number of carbonyl (C=O) groups excluding carboxylic acids is 3. The van der Waals surface area contributed by atoms with E-state index in [2.05, 4.69) is 27.8 Å². The highest BCUT2D eigenvalue weighted by Crippen LogP contribution is 2.38. The zero-order chi connectivity index (χ0) is 29.1. The van der Waals surface area contributed by atoms with Crippen LogP contribution in [-0.2, 0) is 29.4 Å². The maximum Gasteiger partial charge on any atom is 0.321 e. The number of benzene rings is 2. The van der Waals surface area contributed by atoms with Crippen LogP contribution in [0.3, 0.4) is 0 Å². The molecule has 0 fully saturated rings. The summed E-state index contributed by atoms with van der Waals surface area (Å²) in [5.41, 5.74) is 3.05. The average molecular weight is 596 g/mol. The molecule has 4 amide bonds. The minimum absolute atomic E-state index is 0.0963. The molecule has 0 unspecified atom stereocenters. The lowest BCUT2D eigenvalue weighted by atomic mass is 10.0. The number of aryl methyl sites for hydroxylation is 1. The molecule has 0 saturated heterocycles. The van der Waals surface area contributed by atoms with Crippen LogP contribution in [-0.4, -0.2) is 57.8 Å². The first-order chi connectivity index (χ1) is 19.7. The Balaban J connectivity index is 1.39. The van der Waals surface area contributed by atoms with E-state index in [4.69, 9.17) is 0 Å². The Hall–Kier alpha value is -3.74. The van der Waals surface area contributed by atoms with E-state index in [0.29, 0.717) is 35.8 Å². The van der Waals surface area contributed by atoms with Crippen molar-refractivity contribution >= 4 is 49.9 Å². The van der Waals surface area contributed by atoms with Crippen LogP contribution < -0.4 is 20.3 Å². The highest BCUT2D eigenvalue weighted by molar-refractivity contribution is 7.92. The molecule has 12 heteroatoms. The van der Waals surface area contributed by atoms with E-state index in [1.165, 1.54) is 47.0 Å². The third-order valence-corrected chi connectivity index (χ3v) is 10.3. The smallest absolute Gasteiger partial charge is 0.321 e. The molecule has 0 bridgehead atoms. The van der Waals surface area contributed by atoms with Crippen LogP contribution in [0.2, 0.25) is 0 Å². The van der Waals surface area contributed by atoms with Crippen molar-refractivity contribution in [1.82, 2.24) is 15.5 Å². The summed E-state index contributed by atoms with van der Waals surface area (Å²) in [5.74, 6) is -1.06. The van der Waals surface area contributed by atoms with Crippen molar-refractivity contribution in [3.8, 4) is 0 Å². The second kappa shape index (κ2) is 12.0. The zero-order valence-electron chi connectivity index (χ0n) is 23.0. The third-order valence-electron chi connectivity index (χ3n) is 7.36. The van der Waals surface area contributed by atoms with Crippen LogP contribution in [0.15, 0.2) is 53.4 Å². The van der Waals surface area contributed by atoms with Crippen LogP contribution >= 0.6 is 11.3 Å². The Kier molecular flexibility index (Phi) is 8.43. The molecule has 3 N–H and O–H groups in total. The average Bonchev–Trinajstić information content (AvgIpc) is 3.34. The summed E-state index contributed by atoms with van der Waals surface area (Å²) in [7, 11) is -2.39. The van der Waals surface area contributed by atoms with E-state index >= 15 is 0 Å². The van der Waals surface area contributed by atoms with Crippen molar-refractivity contribution in [2.24, 2.45) is 0 Å². The van der Waals surface area contributed by atoms with Crippen molar-refractivity contribution in [1.29, 1.82) is 0 Å². The van der Waals surface area contributed by atoms with Gasteiger partial charge in [0.05, 0.1) is 16.1 Å². The number of fused-ring (bicyclic) bond motifs is 2. The number of carbonyl (C=O) groups is 3. The molecule has 216 valence electrons. The highest BCUT2D eigenvalue weighted by atomic mass is 32.2. The number of nitrogens with zero attached hydrogens (tertiary/aromatic N) is 2. The number of para-hydroxylation sites is 1. The lowest BCUT2D eigenvalue weighted by Crippen LogP contribution is -2.38. The topological polar surface area (TPSA) is 128 Å². The maximum atomic E-state index is 13.5. The molecule has 1 aromatic heterocycles. The molecule has 10 nitrogen and oxygen atoms in total. The monoisotopic (exact) mass is 595 g/mol. The number of urea groups is 1. The first-order valence-electron chi connectivity index (χ1n) is 13.6. The van der Waals surface area contributed by atoms with Gasteiger partial charge in [0.15, 0.2) is 0 Å². The Morgan fingerprint density at radius 1 is 0.976 bits per heavy atom. The number of amides is 4. The van der Waals surface area contributed by atoms with Crippen molar-refractivity contribution in [3.63, 3.8) is 0 Å². The number of imide groups is 1. The summed E-state index contributed by atoms with van der Waals surface area (Å²) in [6.07, 6.45) is 3.19. The molecule has 0 atom stereocenters. The third kappa shape index (κ3) is 5.85. The summed E-state index contributed by atoms with van der Waals surface area (Å²) in [4.78, 5) is 41.6. The number of thiophene rings is 1. The fourth-order valence-corrected chi connectivity index (χ4v) is 8.17. The first kappa shape index (κ1) is 28.8. The van der Waals surface area contributed by atoms with Gasteiger partial charge in [0.1, 0.15) is 5.00 Å². The SMILES string of the molecule is CCCN1CCc2c(sc(NC(=O)c3ccc(S(=O)(=O)N4CCCc5ccccc54)cc3)c2C(=O)NC(=O)NC)C1. The van der Waals surface area contributed by atoms with Gasteiger partial charge in [-0.3, -0.25) is 24.1 Å². The molecule has 2 aliphatic rings. The van der Waals surface area contributed by atoms with Crippen molar-refractivity contribution in [2.75, 3.05) is 36.3 Å². The molecule has 3 aromatic rings. The largest absolute Gasteiger partial charge is 0.341 e. The molecular formula is C29H33N5O5S2. The minimum Gasteiger partial charge on any atom is -0.341 e. The van der Waals surface area contributed by atoms with Crippen LogP contribution in [0.5, 0.6) is 0 Å². The van der Waals surface area contributed by atoms with Crippen molar-refractivity contribution < 1.29 is 22.8 Å². The fourth-order valence-electron chi connectivity index (χ4n) is 5.35. The Labute approximate surface area is 243 Å². The zero-order valence-corrected chi connectivity index (χ0v) is 24.7. The quantitative estimate of drug-likeness (QED) is 0.379. The van der Waals surface area contributed by atoms with Gasteiger partial charge < -0.3 is 10.6 Å². The second-order valence-electron chi connectivity index (χ2n) is 10.1. The number of rotatable bonds is 7. The minimum atomic E-state index is -3.81. The van der Waals surface area contributed by atoms with E-state index in [1.807, 2.05) is 24.3 Å². The van der Waals surface area contributed by atoms with Crippen LogP contribution in [0, 0.1) is 0 Å². The molecule has 0 radical (unpaired) electrons. The van der Waals surface area contributed by atoms with Gasteiger partial charge in [-0.25, -0.2) is 13.2 Å². The van der Waals surface area contributed by atoms with Crippen molar-refractivity contribution in [3.05, 3.63) is 75.7 Å². The lowest BCUT2D eigenvalue weighted by Gasteiger charge is -2.30. The van der Waals surface area contributed by atoms with Gasteiger partial charge in [0.25, 0.3) is 21.8 Å². The molecule has 2 aromatic carbocycles. The van der Waals surface area contributed by atoms with E-state index < -0.39 is 27.9 Å². The summed E-state index contributed by atoms with van der Waals surface area (Å²) in [6, 6.07) is 12.7. The molecule has 3 heterocycles. The van der Waals surface area contributed by atoms with E-state index in [0.717, 1.165) is 48.4 Å². The van der Waals surface area contributed by atoms with Gasteiger partial charge in [-0.2, -0.15) is 0 Å². The highest BCUT2D eigenvalue weighted by Gasteiger charge is 2.31. The summed E-state index contributed by atoms with van der Waals surface area (Å²) in [6.45, 7) is 4.87. The van der Waals surface area contributed by atoms with E-state index in [9.17, 15) is 22.8 Å².